The maximum atomic E-state index is 6.14. The Morgan fingerprint density at radius 3 is 2.49 bits per heavy atom. The van der Waals surface area contributed by atoms with Crippen LogP contribution in [0.1, 0.15) is 103 Å². The van der Waals surface area contributed by atoms with Gasteiger partial charge in [0.05, 0.1) is 12.4 Å². The Hall–Kier alpha value is -1.97. The first-order chi connectivity index (χ1) is 18.1. The smallest absolute Gasteiger partial charge is 0.227 e. The number of nitrogens with zero attached hydrogens (tertiary/aromatic N) is 5. The molecule has 4 N–H and O–H groups in total. The molecule has 3 aliphatic rings. The van der Waals surface area contributed by atoms with E-state index in [1.807, 2.05) is 13.4 Å². The molecular weight excluding hydrogens is 464 g/mol. The first-order valence-electron chi connectivity index (χ1n) is 15.0. The molecule has 9 nitrogen and oxygen atoms in total. The molecule has 0 spiro atoms. The summed E-state index contributed by atoms with van der Waals surface area (Å²) in [7, 11) is 1.88. The zero-order valence-electron chi connectivity index (χ0n) is 23.0. The van der Waals surface area contributed by atoms with Crippen LogP contribution in [0.15, 0.2) is 6.33 Å². The quantitative estimate of drug-likeness (QED) is 0.350. The van der Waals surface area contributed by atoms with Crippen molar-refractivity contribution in [2.75, 3.05) is 30.9 Å². The van der Waals surface area contributed by atoms with Crippen LogP contribution in [0.4, 0.5) is 11.8 Å². The molecule has 5 rings (SSSR count). The monoisotopic (exact) mass is 512 g/mol. The Labute approximate surface area is 222 Å². The molecule has 2 aromatic rings. The van der Waals surface area contributed by atoms with E-state index >= 15 is 0 Å². The van der Waals surface area contributed by atoms with Crippen LogP contribution in [0.5, 0.6) is 0 Å². The third-order valence-electron chi connectivity index (χ3n) is 8.97. The summed E-state index contributed by atoms with van der Waals surface area (Å²) in [5.74, 6) is 2.16. The molecule has 1 atom stereocenters. The predicted octanol–water partition coefficient (Wildman–Crippen LogP) is 5.26. The van der Waals surface area contributed by atoms with Crippen molar-refractivity contribution in [3.8, 4) is 0 Å². The van der Waals surface area contributed by atoms with Gasteiger partial charge in [0.15, 0.2) is 17.0 Å². The van der Waals surface area contributed by atoms with Crippen molar-refractivity contribution in [1.29, 1.82) is 0 Å². The summed E-state index contributed by atoms with van der Waals surface area (Å²) in [6.45, 7) is 4.23. The largest absolute Gasteiger partial charge is 0.381 e. The summed E-state index contributed by atoms with van der Waals surface area (Å²) in [5, 5.41) is 5.95. The van der Waals surface area contributed by atoms with Gasteiger partial charge >= 0.3 is 0 Å². The lowest BCUT2D eigenvalue weighted by molar-refractivity contribution is 0.0181. The summed E-state index contributed by atoms with van der Waals surface area (Å²) in [6.07, 6.45) is 18.8. The molecule has 37 heavy (non-hydrogen) atoms. The number of imidazole rings is 1. The number of methoxy groups -OCH3 is 1. The number of unbranched alkanes of at least 4 members (excludes halogenated alkanes) is 2. The number of rotatable bonds is 11. The highest BCUT2D eigenvalue weighted by Gasteiger charge is 2.28. The van der Waals surface area contributed by atoms with E-state index < -0.39 is 0 Å². The first-order valence-corrected chi connectivity index (χ1v) is 15.0. The topological polar surface area (TPSA) is 106 Å². The van der Waals surface area contributed by atoms with Crippen LogP contribution >= 0.6 is 0 Å². The number of fused-ring (bicyclic) bond motifs is 1. The molecule has 3 heterocycles. The van der Waals surface area contributed by atoms with Gasteiger partial charge in [-0.15, -0.1) is 0 Å². The molecule has 0 aromatic carbocycles. The average molecular weight is 513 g/mol. The van der Waals surface area contributed by atoms with Crippen molar-refractivity contribution in [3.05, 3.63) is 6.33 Å². The van der Waals surface area contributed by atoms with Crippen LogP contribution in [0.2, 0.25) is 0 Å². The summed E-state index contributed by atoms with van der Waals surface area (Å²) in [4.78, 5) is 14.8. The number of nitrogens with two attached hydrogens (primary N) is 1. The Balaban J connectivity index is 1.30. The van der Waals surface area contributed by atoms with Crippen LogP contribution in [0.25, 0.3) is 11.2 Å². The maximum absolute atomic E-state index is 6.14. The van der Waals surface area contributed by atoms with Gasteiger partial charge in [0.2, 0.25) is 5.95 Å². The maximum Gasteiger partial charge on any atom is 0.227 e. The number of hydrogen-bond acceptors (Lipinski definition) is 8. The van der Waals surface area contributed by atoms with Gasteiger partial charge in [0.1, 0.15) is 0 Å². The molecule has 2 aliphatic carbocycles. The van der Waals surface area contributed by atoms with Crippen molar-refractivity contribution in [2.24, 2.45) is 11.7 Å². The van der Waals surface area contributed by atoms with Crippen molar-refractivity contribution in [1.82, 2.24) is 24.5 Å². The minimum Gasteiger partial charge on any atom is -0.381 e. The third-order valence-corrected chi connectivity index (χ3v) is 8.97. The second-order valence-electron chi connectivity index (χ2n) is 11.6. The molecule has 1 aliphatic heterocycles. The number of nitrogens with one attached hydrogen (secondary N) is 2. The summed E-state index contributed by atoms with van der Waals surface area (Å²) >= 11 is 0. The van der Waals surface area contributed by atoms with Gasteiger partial charge in [-0.05, 0) is 63.7 Å². The molecule has 1 saturated heterocycles. The normalized spacial score (nSPS) is 25.1. The SMILES string of the molecule is CCCCCC(OC)C1CCN(Nc2nc(NC3CCC(N)CC3)nc3c2ncn3C2CCCC2)CC1. The summed E-state index contributed by atoms with van der Waals surface area (Å²) in [6, 6.07) is 1.19. The van der Waals surface area contributed by atoms with Gasteiger partial charge in [-0.1, -0.05) is 39.0 Å². The average Bonchev–Trinajstić information content (AvgIpc) is 3.59. The van der Waals surface area contributed by atoms with Crippen molar-refractivity contribution < 1.29 is 4.74 Å². The lowest BCUT2D eigenvalue weighted by atomic mass is 9.89. The Morgan fingerprint density at radius 2 is 1.78 bits per heavy atom. The molecule has 9 heteroatoms. The fraction of sp³-hybridized carbons (Fsp3) is 0.821. The zero-order chi connectivity index (χ0) is 25.6. The lowest BCUT2D eigenvalue weighted by Gasteiger charge is -2.35. The van der Waals surface area contributed by atoms with Crippen molar-refractivity contribution in [3.63, 3.8) is 0 Å². The molecule has 0 amide bonds. The summed E-state index contributed by atoms with van der Waals surface area (Å²) < 4.78 is 8.20. The van der Waals surface area contributed by atoms with E-state index in [1.54, 1.807) is 0 Å². The standard InChI is InChI=1S/C28H48N8O/c1-3-4-5-10-24(37-2)20-15-17-35(18-16-20)34-26-25-27(36(19-30-25)23-8-6-7-9-23)33-28(32-26)31-22-13-11-21(29)12-14-22/h19-24H,3-18,29H2,1-2H3,(H2,31,32,33,34). The fourth-order valence-electron chi connectivity index (χ4n) is 6.63. The van der Waals surface area contributed by atoms with Crippen LogP contribution in [0, 0.1) is 5.92 Å². The number of aromatic nitrogens is 4. The van der Waals surface area contributed by atoms with E-state index in [9.17, 15) is 0 Å². The molecule has 206 valence electrons. The second kappa shape index (κ2) is 12.7. The molecule has 2 aromatic heterocycles. The van der Waals surface area contributed by atoms with Gasteiger partial charge in [-0.25, -0.2) is 9.99 Å². The number of anilines is 2. The second-order valence-corrected chi connectivity index (χ2v) is 11.6. The van der Waals surface area contributed by atoms with E-state index in [4.69, 9.17) is 25.4 Å². The lowest BCUT2D eigenvalue weighted by Crippen LogP contribution is -2.41. The van der Waals surface area contributed by atoms with Gasteiger partial charge in [0.25, 0.3) is 0 Å². The third kappa shape index (κ3) is 6.55. The van der Waals surface area contributed by atoms with Gasteiger partial charge in [-0.2, -0.15) is 9.97 Å². The Kier molecular flexibility index (Phi) is 9.15. The van der Waals surface area contributed by atoms with Crippen molar-refractivity contribution in [2.45, 2.75) is 121 Å². The highest BCUT2D eigenvalue weighted by molar-refractivity contribution is 5.84. The highest BCUT2D eigenvalue weighted by atomic mass is 16.5. The van der Waals surface area contributed by atoms with Crippen LogP contribution < -0.4 is 16.5 Å². The minimum absolute atomic E-state index is 0.328. The predicted molar refractivity (Wildman–Crippen MR) is 150 cm³/mol. The van der Waals surface area contributed by atoms with E-state index in [0.29, 0.717) is 36.1 Å². The van der Waals surface area contributed by atoms with E-state index in [2.05, 4.69) is 27.2 Å². The molecule has 2 saturated carbocycles. The fourth-order valence-corrected chi connectivity index (χ4v) is 6.63. The highest BCUT2D eigenvalue weighted by Crippen LogP contribution is 2.34. The van der Waals surface area contributed by atoms with E-state index in [1.165, 1.54) is 51.4 Å². The van der Waals surface area contributed by atoms with Gasteiger partial charge < -0.3 is 25.8 Å². The number of ether oxygens (including phenoxy) is 1. The molecule has 1 unspecified atom stereocenters. The molecule has 0 radical (unpaired) electrons. The van der Waals surface area contributed by atoms with E-state index in [-0.39, 0.29) is 0 Å². The Bertz CT molecular complexity index is 974. The molecule has 0 bridgehead atoms. The number of piperidine rings is 1. The zero-order valence-corrected chi connectivity index (χ0v) is 23.0. The van der Waals surface area contributed by atoms with Gasteiger partial charge in [0, 0.05) is 38.3 Å². The number of hydrazine groups is 1. The van der Waals surface area contributed by atoms with Crippen molar-refractivity contribution >= 4 is 22.9 Å². The molecular formula is C28H48N8O. The first kappa shape index (κ1) is 26.6. The van der Waals surface area contributed by atoms with Crippen LogP contribution in [-0.2, 0) is 4.74 Å². The van der Waals surface area contributed by atoms with Gasteiger partial charge in [-0.3, -0.25) is 0 Å². The van der Waals surface area contributed by atoms with Crippen LogP contribution in [-0.4, -0.2) is 62.9 Å². The summed E-state index contributed by atoms with van der Waals surface area (Å²) in [5.41, 5.74) is 11.6. The Morgan fingerprint density at radius 1 is 1.03 bits per heavy atom. The minimum atomic E-state index is 0.328. The van der Waals surface area contributed by atoms with E-state index in [0.717, 1.165) is 68.6 Å². The van der Waals surface area contributed by atoms with Crippen LogP contribution in [0.3, 0.4) is 0 Å². The molecule has 3 fully saturated rings. The number of hydrogen-bond donors (Lipinski definition) is 3.